The number of nitrogens with zero attached hydrogens (tertiary/aromatic N) is 6. The minimum atomic E-state index is 0.863. The predicted molar refractivity (Wildman–Crippen MR) is 78.7 cm³/mol. The minimum absolute atomic E-state index is 0.863. The van der Waals surface area contributed by atoms with Crippen molar-refractivity contribution in [3.05, 3.63) is 12.5 Å². The normalized spacial score (nSPS) is 17.7. The number of nitrogens with one attached hydrogen (secondary N) is 1. The molecule has 0 atom stereocenters. The van der Waals surface area contributed by atoms with Crippen LogP contribution in [0.15, 0.2) is 12.5 Å². The van der Waals surface area contributed by atoms with Crippen LogP contribution in [0.3, 0.4) is 0 Å². The summed E-state index contributed by atoms with van der Waals surface area (Å²) in [6.45, 7) is 6.53. The van der Waals surface area contributed by atoms with E-state index in [9.17, 15) is 0 Å². The average Bonchev–Trinajstić information content (AvgIpc) is 2.84. The molecule has 3 heterocycles. The van der Waals surface area contributed by atoms with Crippen molar-refractivity contribution in [2.24, 2.45) is 7.05 Å². The summed E-state index contributed by atoms with van der Waals surface area (Å²) in [7, 11) is 4.07. The Balaban J connectivity index is 1.57. The first-order valence-electron chi connectivity index (χ1n) is 7.01. The molecule has 7 nitrogen and oxygen atoms in total. The molecular weight excluding hydrogens is 254 g/mol. The van der Waals surface area contributed by atoms with Crippen LogP contribution >= 0.6 is 0 Å². The Bertz CT molecular complexity index is 571. The van der Waals surface area contributed by atoms with Crippen molar-refractivity contribution < 1.29 is 0 Å². The summed E-state index contributed by atoms with van der Waals surface area (Å²) in [5.74, 6) is 0.872. The second-order valence-corrected chi connectivity index (χ2v) is 5.30. The van der Waals surface area contributed by atoms with Crippen molar-refractivity contribution in [1.29, 1.82) is 0 Å². The van der Waals surface area contributed by atoms with Crippen LogP contribution in [0.2, 0.25) is 0 Å². The highest BCUT2D eigenvalue weighted by Gasteiger charge is 2.13. The van der Waals surface area contributed by atoms with Gasteiger partial charge >= 0.3 is 0 Å². The number of aromatic nitrogens is 4. The number of piperazine rings is 1. The lowest BCUT2D eigenvalue weighted by Crippen LogP contribution is -2.45. The van der Waals surface area contributed by atoms with Gasteiger partial charge in [-0.25, -0.2) is 9.97 Å². The van der Waals surface area contributed by atoms with Gasteiger partial charge < -0.3 is 10.2 Å². The molecule has 3 rings (SSSR count). The zero-order valence-corrected chi connectivity index (χ0v) is 12.1. The molecule has 1 aliphatic rings. The van der Waals surface area contributed by atoms with Gasteiger partial charge in [0.1, 0.15) is 12.1 Å². The molecular formula is C13H21N7. The van der Waals surface area contributed by atoms with E-state index in [-0.39, 0.29) is 0 Å². The molecule has 20 heavy (non-hydrogen) atoms. The molecule has 0 amide bonds. The molecule has 1 saturated heterocycles. The van der Waals surface area contributed by atoms with Crippen LogP contribution in [0.1, 0.15) is 0 Å². The van der Waals surface area contributed by atoms with Crippen molar-refractivity contribution in [3.8, 4) is 0 Å². The highest BCUT2D eigenvalue weighted by Crippen LogP contribution is 2.17. The smallest absolute Gasteiger partial charge is 0.163 e. The molecule has 0 bridgehead atoms. The number of likely N-dealkylation sites (N-methyl/N-ethyl adjacent to an activating group) is 1. The first-order chi connectivity index (χ1) is 9.74. The van der Waals surface area contributed by atoms with Crippen LogP contribution in [-0.4, -0.2) is 75.9 Å². The summed E-state index contributed by atoms with van der Waals surface area (Å²) >= 11 is 0. The van der Waals surface area contributed by atoms with E-state index in [4.69, 9.17) is 0 Å². The second kappa shape index (κ2) is 5.72. The SMILES string of the molecule is CN1CCN(CCNc2ncnc3c2cnn3C)CC1. The maximum atomic E-state index is 4.31. The van der Waals surface area contributed by atoms with Crippen LogP contribution in [0, 0.1) is 0 Å². The summed E-state index contributed by atoms with van der Waals surface area (Å²) in [5, 5.41) is 8.60. The third-order valence-corrected chi connectivity index (χ3v) is 3.85. The van der Waals surface area contributed by atoms with Crippen LogP contribution in [0.4, 0.5) is 5.82 Å². The second-order valence-electron chi connectivity index (χ2n) is 5.30. The Hall–Kier alpha value is -1.73. The predicted octanol–water partition coefficient (Wildman–Crippen LogP) is 0.0226. The number of aryl methyl sites for hydroxylation is 1. The summed E-state index contributed by atoms with van der Waals surface area (Å²) in [5.41, 5.74) is 0.863. The van der Waals surface area contributed by atoms with Crippen molar-refractivity contribution in [3.63, 3.8) is 0 Å². The Morgan fingerprint density at radius 2 is 1.95 bits per heavy atom. The summed E-state index contributed by atoms with van der Waals surface area (Å²) in [6.07, 6.45) is 3.40. The molecule has 0 unspecified atom stereocenters. The van der Waals surface area contributed by atoms with Gasteiger partial charge in [-0.1, -0.05) is 0 Å². The Labute approximate surface area is 118 Å². The van der Waals surface area contributed by atoms with Gasteiger partial charge in [0, 0.05) is 46.3 Å². The van der Waals surface area contributed by atoms with E-state index in [1.165, 1.54) is 0 Å². The zero-order chi connectivity index (χ0) is 13.9. The third kappa shape index (κ3) is 2.73. The van der Waals surface area contributed by atoms with Gasteiger partial charge in [0.15, 0.2) is 5.65 Å². The first-order valence-corrected chi connectivity index (χ1v) is 7.01. The van der Waals surface area contributed by atoms with Crippen LogP contribution in [0.5, 0.6) is 0 Å². The summed E-state index contributed by atoms with van der Waals surface area (Å²) < 4.78 is 1.77. The quantitative estimate of drug-likeness (QED) is 0.849. The fraction of sp³-hybridized carbons (Fsp3) is 0.615. The highest BCUT2D eigenvalue weighted by atomic mass is 15.3. The van der Waals surface area contributed by atoms with Gasteiger partial charge in [0.05, 0.1) is 11.6 Å². The Morgan fingerprint density at radius 3 is 2.75 bits per heavy atom. The van der Waals surface area contributed by atoms with Gasteiger partial charge in [-0.2, -0.15) is 5.10 Å². The molecule has 2 aromatic rings. The van der Waals surface area contributed by atoms with Gasteiger partial charge in [0.2, 0.25) is 0 Å². The number of hydrogen-bond donors (Lipinski definition) is 1. The van der Waals surface area contributed by atoms with E-state index in [0.717, 1.165) is 56.1 Å². The molecule has 0 aliphatic carbocycles. The van der Waals surface area contributed by atoms with Crippen molar-refractivity contribution >= 4 is 16.9 Å². The standard InChI is InChI=1S/C13H21N7/c1-18-5-7-20(8-6-18)4-3-14-12-11-9-17-19(2)13(11)16-10-15-12/h9-10H,3-8H2,1-2H3,(H,14,15,16). The van der Waals surface area contributed by atoms with E-state index >= 15 is 0 Å². The lowest BCUT2D eigenvalue weighted by atomic mass is 10.3. The summed E-state index contributed by atoms with van der Waals surface area (Å²) in [6, 6.07) is 0. The van der Waals surface area contributed by atoms with Gasteiger partial charge in [-0.05, 0) is 7.05 Å². The van der Waals surface area contributed by atoms with Crippen molar-refractivity contribution in [2.75, 3.05) is 51.6 Å². The molecule has 108 valence electrons. The number of anilines is 1. The molecule has 7 heteroatoms. The molecule has 1 fully saturated rings. The average molecular weight is 275 g/mol. The van der Waals surface area contributed by atoms with Gasteiger partial charge in [-0.3, -0.25) is 9.58 Å². The third-order valence-electron chi connectivity index (χ3n) is 3.85. The molecule has 1 aliphatic heterocycles. The lowest BCUT2D eigenvalue weighted by Gasteiger charge is -2.32. The lowest BCUT2D eigenvalue weighted by molar-refractivity contribution is 0.158. The number of fused-ring (bicyclic) bond motifs is 1. The molecule has 0 radical (unpaired) electrons. The van der Waals surface area contributed by atoms with Crippen LogP contribution in [0.25, 0.3) is 11.0 Å². The topological polar surface area (TPSA) is 62.1 Å². The first kappa shape index (κ1) is 13.3. The highest BCUT2D eigenvalue weighted by molar-refractivity contribution is 5.85. The Morgan fingerprint density at radius 1 is 1.15 bits per heavy atom. The van der Waals surface area contributed by atoms with Gasteiger partial charge in [-0.15, -0.1) is 0 Å². The minimum Gasteiger partial charge on any atom is -0.368 e. The fourth-order valence-corrected chi connectivity index (χ4v) is 2.51. The molecule has 0 spiro atoms. The molecule has 0 aromatic carbocycles. The van der Waals surface area contributed by atoms with Crippen LogP contribution in [-0.2, 0) is 7.05 Å². The number of hydrogen-bond acceptors (Lipinski definition) is 6. The van der Waals surface area contributed by atoms with Crippen molar-refractivity contribution in [2.45, 2.75) is 0 Å². The van der Waals surface area contributed by atoms with E-state index < -0.39 is 0 Å². The van der Waals surface area contributed by atoms with Crippen molar-refractivity contribution in [1.82, 2.24) is 29.5 Å². The maximum Gasteiger partial charge on any atom is 0.163 e. The van der Waals surface area contributed by atoms with E-state index in [1.54, 1.807) is 11.0 Å². The number of rotatable bonds is 4. The molecule has 1 N–H and O–H groups in total. The zero-order valence-electron chi connectivity index (χ0n) is 12.1. The van der Waals surface area contributed by atoms with E-state index in [1.807, 2.05) is 13.2 Å². The molecule has 0 saturated carbocycles. The Kier molecular flexibility index (Phi) is 3.79. The van der Waals surface area contributed by atoms with E-state index in [0.29, 0.717) is 0 Å². The van der Waals surface area contributed by atoms with Gasteiger partial charge in [0.25, 0.3) is 0 Å². The largest absolute Gasteiger partial charge is 0.368 e. The fourth-order valence-electron chi connectivity index (χ4n) is 2.51. The molecule has 2 aromatic heterocycles. The van der Waals surface area contributed by atoms with E-state index in [2.05, 4.69) is 37.2 Å². The monoisotopic (exact) mass is 275 g/mol. The maximum absolute atomic E-state index is 4.31. The summed E-state index contributed by atoms with van der Waals surface area (Å²) in [4.78, 5) is 13.4. The van der Waals surface area contributed by atoms with Crippen LogP contribution < -0.4 is 5.32 Å².